The van der Waals surface area contributed by atoms with Gasteiger partial charge in [-0.1, -0.05) is 56.3 Å². The van der Waals surface area contributed by atoms with E-state index >= 15 is 0 Å². The molecule has 11 nitrogen and oxygen atoms in total. The van der Waals surface area contributed by atoms with Crippen molar-refractivity contribution in [2.24, 2.45) is 5.92 Å². The molecule has 0 aliphatic rings. The van der Waals surface area contributed by atoms with Gasteiger partial charge in [0.15, 0.2) is 0 Å². The van der Waals surface area contributed by atoms with Gasteiger partial charge in [0.25, 0.3) is 0 Å². The Morgan fingerprint density at radius 2 is 1.49 bits per heavy atom. The smallest absolute Gasteiger partial charge is 0.408 e. The van der Waals surface area contributed by atoms with Gasteiger partial charge in [-0.05, 0) is 63.3 Å². The minimum Gasteiger partial charge on any atom is -0.489 e. The summed E-state index contributed by atoms with van der Waals surface area (Å²) in [7, 11) is 0. The minimum atomic E-state index is -1.03. The molecule has 0 aliphatic heterocycles. The summed E-state index contributed by atoms with van der Waals surface area (Å²) in [6.07, 6.45) is 0.487. The molecule has 0 unspecified atom stereocenters. The summed E-state index contributed by atoms with van der Waals surface area (Å²) >= 11 is 0. The fourth-order valence-electron chi connectivity index (χ4n) is 3.97. The third-order valence-electron chi connectivity index (χ3n) is 6.02. The zero-order valence-electron chi connectivity index (χ0n) is 25.8. The van der Waals surface area contributed by atoms with Crippen LogP contribution in [0, 0.1) is 5.92 Å². The van der Waals surface area contributed by atoms with Gasteiger partial charge in [0.05, 0.1) is 6.04 Å². The molecule has 11 heteroatoms. The number of benzene rings is 2. The number of carbonyl (C=O) groups excluding carboxylic acids is 5. The van der Waals surface area contributed by atoms with Crippen molar-refractivity contribution in [2.45, 2.75) is 84.7 Å². The molecule has 2 aromatic carbocycles. The van der Waals surface area contributed by atoms with Gasteiger partial charge in [0.1, 0.15) is 42.9 Å². The molecule has 234 valence electrons. The molecule has 0 saturated heterocycles. The second-order valence-corrected chi connectivity index (χ2v) is 11.7. The normalized spacial score (nSPS) is 13.2. The maximum Gasteiger partial charge on any atom is 0.408 e. The van der Waals surface area contributed by atoms with Crippen molar-refractivity contribution >= 4 is 30.1 Å². The van der Waals surface area contributed by atoms with Gasteiger partial charge in [-0.25, -0.2) is 4.79 Å². The average molecular weight is 597 g/mol. The maximum atomic E-state index is 13.2. The van der Waals surface area contributed by atoms with E-state index < -0.39 is 54.1 Å². The SMILES string of the molecule is CC(C)C[C@@H](C=O)NC(=O)[C@H](Cc1ccc(OCc2ccccc2)cc1)NC(=O)[C@H](C)NC(=O)CNC(=O)OC(C)(C)C. The van der Waals surface area contributed by atoms with E-state index in [0.29, 0.717) is 25.1 Å². The number of alkyl carbamates (subject to hydrolysis) is 1. The third kappa shape index (κ3) is 13.9. The number of carbonyl (C=O) groups is 5. The van der Waals surface area contributed by atoms with Gasteiger partial charge >= 0.3 is 6.09 Å². The average Bonchev–Trinajstić information content (AvgIpc) is 2.94. The summed E-state index contributed by atoms with van der Waals surface area (Å²) in [5.41, 5.74) is 1.05. The van der Waals surface area contributed by atoms with Crippen LogP contribution in [0.2, 0.25) is 0 Å². The Balaban J connectivity index is 2.05. The first-order valence-corrected chi connectivity index (χ1v) is 14.3. The molecular formula is C32H44N4O7. The number of hydrogen-bond acceptors (Lipinski definition) is 7. The Morgan fingerprint density at radius 3 is 2.07 bits per heavy atom. The monoisotopic (exact) mass is 596 g/mol. The number of nitrogens with one attached hydrogen (secondary N) is 4. The molecule has 4 amide bonds. The molecule has 4 N–H and O–H groups in total. The molecule has 0 bridgehead atoms. The zero-order chi connectivity index (χ0) is 32.0. The summed E-state index contributed by atoms with van der Waals surface area (Å²) in [4.78, 5) is 62.0. The fourth-order valence-corrected chi connectivity index (χ4v) is 3.97. The van der Waals surface area contributed by atoms with Crippen molar-refractivity contribution in [3.8, 4) is 5.75 Å². The summed E-state index contributed by atoms with van der Waals surface area (Å²) < 4.78 is 10.9. The van der Waals surface area contributed by atoms with Crippen LogP contribution >= 0.6 is 0 Å². The number of hydrogen-bond donors (Lipinski definition) is 4. The lowest BCUT2D eigenvalue weighted by Gasteiger charge is -2.24. The molecule has 2 rings (SSSR count). The molecule has 0 radical (unpaired) electrons. The molecule has 2 aromatic rings. The highest BCUT2D eigenvalue weighted by Gasteiger charge is 2.27. The van der Waals surface area contributed by atoms with Crippen molar-refractivity contribution in [1.29, 1.82) is 0 Å². The predicted molar refractivity (Wildman–Crippen MR) is 162 cm³/mol. The molecule has 0 heterocycles. The molecular weight excluding hydrogens is 552 g/mol. The van der Waals surface area contributed by atoms with E-state index in [4.69, 9.17) is 9.47 Å². The number of amides is 4. The van der Waals surface area contributed by atoms with Crippen molar-refractivity contribution in [3.05, 3.63) is 65.7 Å². The van der Waals surface area contributed by atoms with E-state index in [1.54, 1.807) is 45.0 Å². The Hall–Kier alpha value is -4.41. The van der Waals surface area contributed by atoms with Crippen molar-refractivity contribution in [1.82, 2.24) is 21.3 Å². The van der Waals surface area contributed by atoms with Crippen LogP contribution in [0.25, 0.3) is 0 Å². The Morgan fingerprint density at radius 1 is 0.837 bits per heavy atom. The Bertz CT molecular complexity index is 1210. The van der Waals surface area contributed by atoms with Gasteiger partial charge in [0.2, 0.25) is 17.7 Å². The van der Waals surface area contributed by atoms with Crippen LogP contribution in [0.4, 0.5) is 4.79 Å². The predicted octanol–water partition coefficient (Wildman–Crippen LogP) is 3.05. The van der Waals surface area contributed by atoms with Crippen LogP contribution in [0.1, 0.15) is 59.1 Å². The standard InChI is InChI=1S/C32H44N4O7/c1-21(2)16-25(19-37)35-30(40)27(17-23-12-14-26(15-13-23)42-20-24-10-8-7-9-11-24)36-29(39)22(3)34-28(38)18-33-31(41)43-32(4,5)6/h7-15,19,21-22,25,27H,16-18,20H2,1-6H3,(H,33,41)(H,34,38)(H,35,40)(H,36,39)/t22-,25-,27-/m0/s1. The highest BCUT2D eigenvalue weighted by molar-refractivity contribution is 5.93. The van der Waals surface area contributed by atoms with E-state index in [9.17, 15) is 24.0 Å². The topological polar surface area (TPSA) is 152 Å². The summed E-state index contributed by atoms with van der Waals surface area (Å²) in [6.45, 7) is 10.4. The fraction of sp³-hybridized carbons (Fsp3) is 0.469. The summed E-state index contributed by atoms with van der Waals surface area (Å²) in [5, 5.41) is 10.2. The van der Waals surface area contributed by atoms with Gasteiger partial charge in [-0.3, -0.25) is 14.4 Å². The lowest BCUT2D eigenvalue weighted by atomic mass is 10.0. The molecule has 0 spiro atoms. The molecule has 0 fully saturated rings. The van der Waals surface area contributed by atoms with Crippen molar-refractivity contribution in [3.63, 3.8) is 0 Å². The summed E-state index contributed by atoms with van der Waals surface area (Å²) in [5.74, 6) is -0.942. The quantitative estimate of drug-likeness (QED) is 0.231. The van der Waals surface area contributed by atoms with Gasteiger partial charge < -0.3 is 35.5 Å². The van der Waals surface area contributed by atoms with Gasteiger partial charge in [-0.15, -0.1) is 0 Å². The summed E-state index contributed by atoms with van der Waals surface area (Å²) in [6, 6.07) is 14.1. The first-order chi connectivity index (χ1) is 20.3. The van der Waals surface area contributed by atoms with Crippen LogP contribution in [0.5, 0.6) is 5.75 Å². The molecule has 0 saturated carbocycles. The van der Waals surface area contributed by atoms with Crippen LogP contribution in [-0.2, 0) is 36.9 Å². The largest absolute Gasteiger partial charge is 0.489 e. The molecule has 0 aromatic heterocycles. The zero-order valence-corrected chi connectivity index (χ0v) is 25.8. The van der Waals surface area contributed by atoms with Crippen LogP contribution < -0.4 is 26.0 Å². The van der Waals surface area contributed by atoms with Crippen LogP contribution in [-0.4, -0.2) is 60.4 Å². The molecule has 0 aliphatic carbocycles. The number of ether oxygens (including phenoxy) is 2. The molecule has 3 atom stereocenters. The number of aldehydes is 1. The lowest BCUT2D eigenvalue weighted by molar-refractivity contribution is -0.132. The van der Waals surface area contributed by atoms with E-state index in [-0.39, 0.29) is 12.3 Å². The highest BCUT2D eigenvalue weighted by atomic mass is 16.6. The van der Waals surface area contributed by atoms with E-state index in [1.165, 1.54) is 6.92 Å². The van der Waals surface area contributed by atoms with E-state index in [0.717, 1.165) is 11.1 Å². The van der Waals surface area contributed by atoms with Crippen LogP contribution in [0.3, 0.4) is 0 Å². The Kier molecular flexibility index (Phi) is 13.7. The second-order valence-electron chi connectivity index (χ2n) is 11.7. The van der Waals surface area contributed by atoms with Gasteiger partial charge in [0, 0.05) is 6.42 Å². The van der Waals surface area contributed by atoms with E-state index in [2.05, 4.69) is 21.3 Å². The highest BCUT2D eigenvalue weighted by Crippen LogP contribution is 2.16. The number of rotatable bonds is 15. The second kappa shape index (κ2) is 16.9. The Labute approximate surface area is 253 Å². The third-order valence-corrected chi connectivity index (χ3v) is 6.02. The van der Waals surface area contributed by atoms with E-state index in [1.807, 2.05) is 44.2 Å². The minimum absolute atomic E-state index is 0.130. The van der Waals surface area contributed by atoms with Crippen molar-refractivity contribution < 1.29 is 33.4 Å². The maximum absolute atomic E-state index is 13.2. The van der Waals surface area contributed by atoms with Crippen molar-refractivity contribution in [2.75, 3.05) is 6.54 Å². The van der Waals surface area contributed by atoms with Crippen LogP contribution in [0.15, 0.2) is 54.6 Å². The van der Waals surface area contributed by atoms with Gasteiger partial charge in [-0.2, -0.15) is 0 Å². The first-order valence-electron chi connectivity index (χ1n) is 14.3. The molecule has 43 heavy (non-hydrogen) atoms. The lowest BCUT2D eigenvalue weighted by Crippen LogP contribution is -2.55. The first kappa shape index (κ1) is 34.8.